The molecule has 1 heterocycles. The summed E-state index contributed by atoms with van der Waals surface area (Å²) in [4.78, 5) is 1.04. The molecule has 0 bridgehead atoms. The van der Waals surface area contributed by atoms with Crippen LogP contribution in [0.3, 0.4) is 0 Å². The van der Waals surface area contributed by atoms with Gasteiger partial charge in [-0.05, 0) is 19.4 Å². The van der Waals surface area contributed by atoms with Crippen molar-refractivity contribution in [1.29, 1.82) is 0 Å². The molecule has 0 radical (unpaired) electrons. The van der Waals surface area contributed by atoms with E-state index in [0.717, 1.165) is 24.5 Å². The lowest BCUT2D eigenvalue weighted by Crippen LogP contribution is -2.10. The third-order valence-electron chi connectivity index (χ3n) is 0.903. The van der Waals surface area contributed by atoms with Crippen LogP contribution in [0.5, 0.6) is 0 Å². The molecule has 9 heavy (non-hydrogen) atoms. The molecule has 0 aliphatic carbocycles. The van der Waals surface area contributed by atoms with Crippen LogP contribution < -0.4 is 11.1 Å². The Morgan fingerprint density at radius 2 is 2.33 bits per heavy atom. The molecule has 0 atom stereocenters. The number of hydrogen-bond acceptors (Lipinski definition) is 2. The van der Waals surface area contributed by atoms with E-state index < -0.39 is 0 Å². The Morgan fingerprint density at radius 3 is 2.44 bits per heavy atom. The minimum atomic E-state index is 0.750. The van der Waals surface area contributed by atoms with Crippen molar-refractivity contribution in [3.63, 3.8) is 0 Å². The Morgan fingerprint density at radius 1 is 1.78 bits per heavy atom. The minimum absolute atomic E-state index is 0.750. The first-order valence-corrected chi connectivity index (χ1v) is 3.68. The monoisotopic (exact) mass is 146 g/mol. The average Bonchev–Trinajstić information content (AvgIpc) is 2.20. The molecule has 0 amide bonds. The van der Waals surface area contributed by atoms with E-state index in [4.69, 9.17) is 18.0 Å². The van der Waals surface area contributed by atoms with Crippen molar-refractivity contribution >= 4 is 17.2 Å². The van der Waals surface area contributed by atoms with Gasteiger partial charge < -0.3 is 11.1 Å². The van der Waals surface area contributed by atoms with Crippen LogP contribution in [-0.4, -0.2) is 18.1 Å². The summed E-state index contributed by atoms with van der Waals surface area (Å²) in [5, 5.41) is 3.05. The molecule has 0 saturated carbocycles. The lowest BCUT2D eigenvalue weighted by Gasteiger charge is -1.84. The van der Waals surface area contributed by atoms with E-state index in [-0.39, 0.29) is 0 Å². The van der Waals surface area contributed by atoms with Crippen LogP contribution in [0, 0.1) is 0 Å². The van der Waals surface area contributed by atoms with Crippen LogP contribution >= 0.6 is 12.2 Å². The molecule has 1 aliphatic heterocycles. The highest BCUT2D eigenvalue weighted by Gasteiger charge is 2.01. The zero-order valence-electron chi connectivity index (χ0n) is 5.81. The molecule has 0 aromatic heterocycles. The van der Waals surface area contributed by atoms with E-state index in [1.165, 1.54) is 6.42 Å². The lowest BCUT2D eigenvalue weighted by molar-refractivity contribution is 0.913. The summed E-state index contributed by atoms with van der Waals surface area (Å²) in [7, 11) is 0. The largest absolute Gasteiger partial charge is 0.380 e. The molecule has 54 valence electrons. The van der Waals surface area contributed by atoms with Gasteiger partial charge in [-0.25, -0.2) is 0 Å². The quantitative estimate of drug-likeness (QED) is 0.493. The fraction of sp³-hybridized carbons (Fsp3) is 0.833. The van der Waals surface area contributed by atoms with Gasteiger partial charge in [-0.3, -0.25) is 0 Å². The summed E-state index contributed by atoms with van der Waals surface area (Å²) in [5.41, 5.74) is 4.85. The van der Waals surface area contributed by atoms with Gasteiger partial charge >= 0.3 is 0 Å². The first-order valence-electron chi connectivity index (χ1n) is 3.28. The Labute approximate surface area is 61.8 Å². The normalized spacial score (nSPS) is 16.0. The topological polar surface area (TPSA) is 38.0 Å². The zero-order valence-corrected chi connectivity index (χ0v) is 6.63. The Bertz CT molecular complexity index is 75.1. The first-order chi connectivity index (χ1) is 4.31. The zero-order chi connectivity index (χ0) is 7.11. The third kappa shape index (κ3) is 5.73. The summed E-state index contributed by atoms with van der Waals surface area (Å²) in [6, 6.07) is 0. The summed E-state index contributed by atoms with van der Waals surface area (Å²) in [5.74, 6) is 0. The molecule has 1 saturated heterocycles. The second-order valence-electron chi connectivity index (χ2n) is 1.86. The predicted molar refractivity (Wildman–Crippen MR) is 44.6 cm³/mol. The van der Waals surface area contributed by atoms with Crippen LogP contribution in [0.25, 0.3) is 0 Å². The molecule has 1 rings (SSSR count). The van der Waals surface area contributed by atoms with Gasteiger partial charge in [0.05, 0.1) is 4.99 Å². The molecule has 0 aromatic carbocycles. The second-order valence-corrected chi connectivity index (χ2v) is 2.35. The van der Waals surface area contributed by atoms with Crippen LogP contribution in [0.1, 0.15) is 19.8 Å². The van der Waals surface area contributed by atoms with Gasteiger partial charge in [0, 0.05) is 6.54 Å². The molecule has 2 nitrogen and oxygen atoms in total. The van der Waals surface area contributed by atoms with E-state index in [1.54, 1.807) is 0 Å². The van der Waals surface area contributed by atoms with E-state index in [2.05, 4.69) is 5.32 Å². The summed E-state index contributed by atoms with van der Waals surface area (Å²) >= 11 is 4.81. The molecule has 3 heteroatoms. The first kappa shape index (κ1) is 8.85. The molecule has 0 unspecified atom stereocenters. The van der Waals surface area contributed by atoms with Crippen LogP contribution in [0.4, 0.5) is 0 Å². The maximum atomic E-state index is 4.85. The van der Waals surface area contributed by atoms with Crippen molar-refractivity contribution in [2.24, 2.45) is 5.73 Å². The highest BCUT2D eigenvalue weighted by atomic mass is 32.1. The van der Waals surface area contributed by atoms with Gasteiger partial charge in [-0.15, -0.1) is 0 Å². The van der Waals surface area contributed by atoms with Crippen molar-refractivity contribution in [3.8, 4) is 0 Å². The van der Waals surface area contributed by atoms with Crippen molar-refractivity contribution in [2.75, 3.05) is 13.1 Å². The van der Waals surface area contributed by atoms with Gasteiger partial charge in [0.15, 0.2) is 0 Å². The van der Waals surface area contributed by atoms with Gasteiger partial charge in [0.25, 0.3) is 0 Å². The minimum Gasteiger partial charge on any atom is -0.380 e. The SMILES string of the molecule is CCN.S=C1CCCN1. The molecular formula is C6H14N2S. The van der Waals surface area contributed by atoms with Gasteiger partial charge in [0.2, 0.25) is 0 Å². The number of nitrogens with one attached hydrogen (secondary N) is 1. The number of rotatable bonds is 0. The maximum Gasteiger partial charge on any atom is 0.0754 e. The fourth-order valence-electron chi connectivity index (χ4n) is 0.565. The maximum absolute atomic E-state index is 4.85. The van der Waals surface area contributed by atoms with Gasteiger partial charge in [-0.1, -0.05) is 19.1 Å². The Hall–Kier alpha value is -0.150. The summed E-state index contributed by atoms with van der Waals surface area (Å²) in [6.45, 7) is 3.75. The molecular weight excluding hydrogens is 132 g/mol. The number of nitrogens with two attached hydrogens (primary N) is 1. The number of hydrogen-bond donors (Lipinski definition) is 2. The van der Waals surface area contributed by atoms with Crippen molar-refractivity contribution in [1.82, 2.24) is 5.32 Å². The molecule has 0 spiro atoms. The van der Waals surface area contributed by atoms with Crippen LogP contribution in [0.2, 0.25) is 0 Å². The Balaban J connectivity index is 0.000000187. The van der Waals surface area contributed by atoms with Crippen molar-refractivity contribution in [2.45, 2.75) is 19.8 Å². The van der Waals surface area contributed by atoms with E-state index >= 15 is 0 Å². The van der Waals surface area contributed by atoms with Gasteiger partial charge in [-0.2, -0.15) is 0 Å². The van der Waals surface area contributed by atoms with Gasteiger partial charge in [0.1, 0.15) is 0 Å². The highest BCUT2D eigenvalue weighted by Crippen LogP contribution is 1.96. The highest BCUT2D eigenvalue weighted by molar-refractivity contribution is 7.80. The van der Waals surface area contributed by atoms with E-state index in [0.29, 0.717) is 0 Å². The second kappa shape index (κ2) is 5.98. The van der Waals surface area contributed by atoms with Crippen LogP contribution in [-0.2, 0) is 0 Å². The fourth-order valence-corrected chi connectivity index (χ4v) is 0.812. The third-order valence-corrected chi connectivity index (χ3v) is 1.25. The number of thiocarbonyl (C=S) groups is 1. The molecule has 3 N–H and O–H groups in total. The standard InChI is InChI=1S/C4H7NS.C2H7N/c6-4-2-1-3-5-4;1-2-3/h1-3H2,(H,5,6);2-3H2,1H3. The molecule has 0 aromatic rings. The van der Waals surface area contributed by atoms with Crippen molar-refractivity contribution in [3.05, 3.63) is 0 Å². The average molecular weight is 146 g/mol. The molecule has 1 aliphatic rings. The lowest BCUT2D eigenvalue weighted by atomic mass is 10.4. The van der Waals surface area contributed by atoms with E-state index in [9.17, 15) is 0 Å². The van der Waals surface area contributed by atoms with Crippen LogP contribution in [0.15, 0.2) is 0 Å². The predicted octanol–water partition coefficient (Wildman–Crippen LogP) is 0.662. The van der Waals surface area contributed by atoms with Crippen molar-refractivity contribution < 1.29 is 0 Å². The van der Waals surface area contributed by atoms with E-state index in [1.807, 2.05) is 6.92 Å². The summed E-state index contributed by atoms with van der Waals surface area (Å²) in [6.07, 6.45) is 2.34. The smallest absolute Gasteiger partial charge is 0.0754 e. The molecule has 1 fully saturated rings. The Kier molecular flexibility index (Phi) is 5.88. The summed E-state index contributed by atoms with van der Waals surface area (Å²) < 4.78 is 0.